The van der Waals surface area contributed by atoms with Crippen LogP contribution in [0, 0.1) is 5.92 Å². The number of thiocarbonyl (C=S) groups is 1. The van der Waals surface area contributed by atoms with Crippen LogP contribution in [0.4, 0.5) is 0 Å². The van der Waals surface area contributed by atoms with Crippen LogP contribution in [0.3, 0.4) is 0 Å². The third-order valence-corrected chi connectivity index (χ3v) is 3.00. The summed E-state index contributed by atoms with van der Waals surface area (Å²) >= 11 is 4.84. The van der Waals surface area contributed by atoms with Crippen LogP contribution < -0.4 is 11.1 Å². The normalized spacial score (nSPS) is 22.3. The molecule has 4 nitrogen and oxygen atoms in total. The van der Waals surface area contributed by atoms with E-state index in [2.05, 4.69) is 10.2 Å². The van der Waals surface area contributed by atoms with E-state index in [9.17, 15) is 4.79 Å². The molecule has 0 aromatic rings. The number of amides is 1. The van der Waals surface area contributed by atoms with Gasteiger partial charge in [-0.2, -0.15) is 0 Å². The molecule has 0 radical (unpaired) electrons. The maximum atomic E-state index is 11.5. The second kappa shape index (κ2) is 6.02. The lowest BCUT2D eigenvalue weighted by Crippen LogP contribution is -2.42. The minimum Gasteiger partial charge on any atom is -0.393 e. The molecule has 1 aliphatic rings. The van der Waals surface area contributed by atoms with Crippen LogP contribution in [0.1, 0.15) is 19.3 Å². The summed E-state index contributed by atoms with van der Waals surface area (Å²) in [7, 11) is 1.69. The van der Waals surface area contributed by atoms with Crippen molar-refractivity contribution in [1.29, 1.82) is 0 Å². The summed E-state index contributed by atoms with van der Waals surface area (Å²) in [6.07, 6.45) is 2.81. The smallest absolute Gasteiger partial charge is 0.224 e. The lowest BCUT2D eigenvalue weighted by Gasteiger charge is -2.31. The van der Waals surface area contributed by atoms with Crippen molar-refractivity contribution in [2.45, 2.75) is 19.3 Å². The average Bonchev–Trinajstić information content (AvgIpc) is 2.25. The largest absolute Gasteiger partial charge is 0.393 e. The molecule has 1 heterocycles. The van der Waals surface area contributed by atoms with Crippen LogP contribution >= 0.6 is 12.2 Å². The standard InChI is InChI=1S/C10H19N3OS/c1-12-10(14)8-3-2-5-13(7-8)6-4-9(11)15/h8H,2-7H2,1H3,(H2,11,15)(H,12,14). The first-order valence-corrected chi connectivity index (χ1v) is 5.76. The summed E-state index contributed by atoms with van der Waals surface area (Å²) in [5.74, 6) is 0.283. The number of hydrogen-bond donors (Lipinski definition) is 2. The number of nitrogens with two attached hydrogens (primary N) is 1. The third kappa shape index (κ3) is 4.13. The predicted molar refractivity (Wildman–Crippen MR) is 64.6 cm³/mol. The molecule has 1 atom stereocenters. The van der Waals surface area contributed by atoms with E-state index in [1.807, 2.05) is 0 Å². The van der Waals surface area contributed by atoms with E-state index in [0.717, 1.165) is 38.9 Å². The van der Waals surface area contributed by atoms with Gasteiger partial charge in [0.25, 0.3) is 0 Å². The highest BCUT2D eigenvalue weighted by molar-refractivity contribution is 7.80. The van der Waals surface area contributed by atoms with Crippen molar-refractivity contribution in [3.8, 4) is 0 Å². The molecule has 86 valence electrons. The molecule has 0 aliphatic carbocycles. The summed E-state index contributed by atoms with van der Waals surface area (Å²) < 4.78 is 0. The van der Waals surface area contributed by atoms with Crippen LogP contribution in [0.5, 0.6) is 0 Å². The van der Waals surface area contributed by atoms with E-state index in [1.165, 1.54) is 0 Å². The SMILES string of the molecule is CNC(=O)C1CCCN(CCC(N)=S)C1. The van der Waals surface area contributed by atoms with Crippen molar-refractivity contribution in [2.75, 3.05) is 26.7 Å². The number of nitrogens with zero attached hydrogens (tertiary/aromatic N) is 1. The van der Waals surface area contributed by atoms with Crippen LogP contribution in [-0.2, 0) is 4.79 Å². The molecule has 0 aromatic heterocycles. The van der Waals surface area contributed by atoms with Gasteiger partial charge >= 0.3 is 0 Å². The molecule has 1 aliphatic heterocycles. The minimum atomic E-state index is 0.134. The van der Waals surface area contributed by atoms with E-state index >= 15 is 0 Å². The summed E-state index contributed by atoms with van der Waals surface area (Å²) in [6.45, 7) is 2.77. The Kier molecular flexibility index (Phi) is 4.98. The van der Waals surface area contributed by atoms with Gasteiger partial charge in [-0.05, 0) is 19.4 Å². The summed E-state index contributed by atoms with van der Waals surface area (Å²) in [6, 6.07) is 0. The fourth-order valence-corrected chi connectivity index (χ4v) is 2.04. The van der Waals surface area contributed by atoms with E-state index in [1.54, 1.807) is 7.05 Å². The molecule has 5 heteroatoms. The highest BCUT2D eigenvalue weighted by atomic mass is 32.1. The Morgan fingerprint density at radius 1 is 1.67 bits per heavy atom. The predicted octanol–water partition coefficient (Wildman–Crippen LogP) is 0.121. The quantitative estimate of drug-likeness (QED) is 0.672. The first-order valence-electron chi connectivity index (χ1n) is 5.35. The van der Waals surface area contributed by atoms with Gasteiger partial charge in [0.1, 0.15) is 0 Å². The third-order valence-electron chi connectivity index (χ3n) is 2.80. The van der Waals surface area contributed by atoms with Crippen LogP contribution in [-0.4, -0.2) is 42.5 Å². The number of carbonyl (C=O) groups excluding carboxylic acids is 1. The Morgan fingerprint density at radius 3 is 3.00 bits per heavy atom. The monoisotopic (exact) mass is 229 g/mol. The molecule has 1 rings (SSSR count). The highest BCUT2D eigenvalue weighted by Crippen LogP contribution is 2.16. The Bertz CT molecular complexity index is 245. The zero-order valence-electron chi connectivity index (χ0n) is 9.16. The van der Waals surface area contributed by atoms with Gasteiger partial charge in [-0.15, -0.1) is 0 Å². The van der Waals surface area contributed by atoms with Crippen LogP contribution in [0.25, 0.3) is 0 Å². The van der Waals surface area contributed by atoms with Gasteiger partial charge < -0.3 is 16.0 Å². The van der Waals surface area contributed by atoms with E-state index < -0.39 is 0 Å². The maximum absolute atomic E-state index is 11.5. The second-order valence-corrected chi connectivity index (χ2v) is 4.49. The Hall–Kier alpha value is -0.680. The lowest BCUT2D eigenvalue weighted by atomic mass is 9.97. The lowest BCUT2D eigenvalue weighted by molar-refractivity contribution is -0.126. The van der Waals surface area contributed by atoms with Gasteiger partial charge in [0.2, 0.25) is 5.91 Å². The van der Waals surface area contributed by atoms with Crippen LogP contribution in [0.15, 0.2) is 0 Å². The van der Waals surface area contributed by atoms with Gasteiger partial charge in [0, 0.05) is 26.6 Å². The molecular weight excluding hydrogens is 210 g/mol. The number of likely N-dealkylation sites (tertiary alicyclic amines) is 1. The second-order valence-electron chi connectivity index (χ2n) is 3.97. The van der Waals surface area contributed by atoms with Crippen molar-refractivity contribution < 1.29 is 4.79 Å². The summed E-state index contributed by atoms with van der Waals surface area (Å²) in [4.78, 5) is 14.3. The molecular formula is C10H19N3OS. The molecule has 15 heavy (non-hydrogen) atoms. The van der Waals surface area contributed by atoms with E-state index in [-0.39, 0.29) is 11.8 Å². The van der Waals surface area contributed by atoms with Crippen molar-refractivity contribution in [2.24, 2.45) is 11.7 Å². The zero-order chi connectivity index (χ0) is 11.3. The van der Waals surface area contributed by atoms with Gasteiger partial charge in [-0.1, -0.05) is 12.2 Å². The number of carbonyl (C=O) groups is 1. The Labute approximate surface area is 96.2 Å². The van der Waals surface area contributed by atoms with Crippen molar-refractivity contribution in [1.82, 2.24) is 10.2 Å². The van der Waals surface area contributed by atoms with Gasteiger partial charge in [-0.3, -0.25) is 4.79 Å². The fourth-order valence-electron chi connectivity index (χ4n) is 1.95. The highest BCUT2D eigenvalue weighted by Gasteiger charge is 2.24. The maximum Gasteiger partial charge on any atom is 0.224 e. The fraction of sp³-hybridized carbons (Fsp3) is 0.800. The molecule has 0 bridgehead atoms. The van der Waals surface area contributed by atoms with E-state index in [0.29, 0.717) is 4.99 Å². The van der Waals surface area contributed by atoms with Crippen molar-refractivity contribution in [3.05, 3.63) is 0 Å². The zero-order valence-corrected chi connectivity index (χ0v) is 9.98. The molecule has 0 spiro atoms. The van der Waals surface area contributed by atoms with E-state index in [4.69, 9.17) is 18.0 Å². The minimum absolute atomic E-state index is 0.134. The number of hydrogen-bond acceptors (Lipinski definition) is 3. The summed E-state index contributed by atoms with van der Waals surface area (Å²) in [5, 5.41) is 2.70. The number of piperidine rings is 1. The molecule has 1 unspecified atom stereocenters. The number of nitrogens with one attached hydrogen (secondary N) is 1. The van der Waals surface area contributed by atoms with Crippen molar-refractivity contribution >= 4 is 23.1 Å². The molecule has 0 saturated carbocycles. The average molecular weight is 229 g/mol. The van der Waals surface area contributed by atoms with Crippen LogP contribution in [0.2, 0.25) is 0 Å². The molecule has 1 saturated heterocycles. The number of rotatable bonds is 4. The molecule has 1 fully saturated rings. The Morgan fingerprint density at radius 2 is 2.40 bits per heavy atom. The summed E-state index contributed by atoms with van der Waals surface area (Å²) in [5.41, 5.74) is 5.46. The van der Waals surface area contributed by atoms with Crippen molar-refractivity contribution in [3.63, 3.8) is 0 Å². The topological polar surface area (TPSA) is 58.4 Å². The molecule has 0 aromatic carbocycles. The van der Waals surface area contributed by atoms with Gasteiger partial charge in [0.15, 0.2) is 0 Å². The van der Waals surface area contributed by atoms with Gasteiger partial charge in [0.05, 0.1) is 10.9 Å². The van der Waals surface area contributed by atoms with Gasteiger partial charge in [-0.25, -0.2) is 0 Å². The molecule has 3 N–H and O–H groups in total. The Balaban J connectivity index is 2.35. The molecule has 1 amide bonds. The first-order chi connectivity index (χ1) is 7.13. The first kappa shape index (κ1) is 12.4.